The van der Waals surface area contributed by atoms with Gasteiger partial charge in [-0.1, -0.05) is 28.1 Å². The van der Waals surface area contributed by atoms with Crippen molar-refractivity contribution in [1.29, 1.82) is 0 Å². The average Bonchev–Trinajstić information content (AvgIpc) is 2.37. The van der Waals surface area contributed by atoms with Crippen molar-refractivity contribution in [3.63, 3.8) is 0 Å². The topological polar surface area (TPSA) is 50.8 Å². The first-order valence-corrected chi connectivity index (χ1v) is 6.42. The van der Waals surface area contributed by atoms with Crippen LogP contribution in [0.1, 0.15) is 5.56 Å². The van der Waals surface area contributed by atoms with Gasteiger partial charge in [0.15, 0.2) is 5.96 Å². The van der Waals surface area contributed by atoms with Crippen molar-refractivity contribution >= 4 is 21.9 Å². The molecule has 1 aromatic carbocycles. The predicted molar refractivity (Wildman–Crippen MR) is 71.9 cm³/mol. The molecule has 0 unspecified atom stereocenters. The van der Waals surface area contributed by atoms with Gasteiger partial charge in [-0.05, 0) is 17.7 Å². The SMILES string of the molecule is NC(=NCc1cccc(Br)c1)N1CCOCC1. The van der Waals surface area contributed by atoms with Gasteiger partial charge in [0.2, 0.25) is 0 Å². The molecule has 17 heavy (non-hydrogen) atoms. The number of ether oxygens (including phenoxy) is 1. The molecule has 0 bridgehead atoms. The summed E-state index contributed by atoms with van der Waals surface area (Å²) < 4.78 is 6.33. The Kier molecular flexibility index (Phi) is 4.39. The van der Waals surface area contributed by atoms with Gasteiger partial charge in [0.1, 0.15) is 0 Å². The van der Waals surface area contributed by atoms with E-state index in [2.05, 4.69) is 31.9 Å². The van der Waals surface area contributed by atoms with E-state index in [-0.39, 0.29) is 0 Å². The molecule has 1 heterocycles. The lowest BCUT2D eigenvalue weighted by atomic mass is 10.2. The predicted octanol–water partition coefficient (Wildman–Crippen LogP) is 1.60. The highest BCUT2D eigenvalue weighted by Gasteiger charge is 2.11. The number of nitrogens with zero attached hydrogens (tertiary/aromatic N) is 2. The summed E-state index contributed by atoms with van der Waals surface area (Å²) in [6, 6.07) is 8.09. The Morgan fingerprint density at radius 1 is 1.41 bits per heavy atom. The second kappa shape index (κ2) is 6.02. The molecule has 1 aromatic rings. The van der Waals surface area contributed by atoms with E-state index in [0.29, 0.717) is 12.5 Å². The molecular weight excluding hydrogens is 282 g/mol. The van der Waals surface area contributed by atoms with Crippen LogP contribution >= 0.6 is 15.9 Å². The summed E-state index contributed by atoms with van der Waals surface area (Å²) in [5.41, 5.74) is 7.09. The molecule has 0 atom stereocenters. The van der Waals surface area contributed by atoms with Crippen LogP contribution in [0.2, 0.25) is 0 Å². The molecule has 0 saturated carbocycles. The van der Waals surface area contributed by atoms with Crippen molar-refractivity contribution in [2.75, 3.05) is 26.3 Å². The minimum Gasteiger partial charge on any atom is -0.378 e. The molecule has 5 heteroatoms. The number of aliphatic imine (C=N–C) groups is 1. The van der Waals surface area contributed by atoms with E-state index in [9.17, 15) is 0 Å². The summed E-state index contributed by atoms with van der Waals surface area (Å²) in [6.07, 6.45) is 0. The van der Waals surface area contributed by atoms with E-state index < -0.39 is 0 Å². The lowest BCUT2D eigenvalue weighted by molar-refractivity contribution is 0.0674. The van der Waals surface area contributed by atoms with Crippen LogP contribution in [-0.4, -0.2) is 37.2 Å². The molecule has 1 saturated heterocycles. The Balaban J connectivity index is 1.95. The van der Waals surface area contributed by atoms with E-state index in [1.54, 1.807) is 0 Å². The van der Waals surface area contributed by atoms with Crippen LogP contribution < -0.4 is 5.73 Å². The number of hydrogen-bond donors (Lipinski definition) is 1. The van der Waals surface area contributed by atoms with Gasteiger partial charge < -0.3 is 15.4 Å². The third-order valence-corrected chi connectivity index (χ3v) is 3.14. The minimum absolute atomic E-state index is 0.605. The molecule has 2 rings (SSSR count). The highest BCUT2D eigenvalue weighted by Crippen LogP contribution is 2.12. The van der Waals surface area contributed by atoms with Gasteiger partial charge in [0, 0.05) is 17.6 Å². The Morgan fingerprint density at radius 2 is 2.18 bits per heavy atom. The van der Waals surface area contributed by atoms with Gasteiger partial charge in [-0.15, -0.1) is 0 Å². The maximum atomic E-state index is 5.94. The lowest BCUT2D eigenvalue weighted by Gasteiger charge is -2.27. The summed E-state index contributed by atoms with van der Waals surface area (Å²) in [4.78, 5) is 6.46. The fourth-order valence-electron chi connectivity index (χ4n) is 1.70. The number of hydrogen-bond acceptors (Lipinski definition) is 2. The van der Waals surface area contributed by atoms with Gasteiger partial charge in [-0.3, -0.25) is 0 Å². The molecule has 0 radical (unpaired) electrons. The molecule has 0 spiro atoms. The largest absolute Gasteiger partial charge is 0.378 e. The average molecular weight is 298 g/mol. The summed E-state index contributed by atoms with van der Waals surface area (Å²) in [5.74, 6) is 0.605. The van der Waals surface area contributed by atoms with E-state index in [1.807, 2.05) is 18.2 Å². The van der Waals surface area contributed by atoms with Crippen LogP contribution in [0.3, 0.4) is 0 Å². The van der Waals surface area contributed by atoms with Crippen LogP contribution in [0, 0.1) is 0 Å². The van der Waals surface area contributed by atoms with Crippen LogP contribution in [0.15, 0.2) is 33.7 Å². The number of guanidine groups is 1. The maximum Gasteiger partial charge on any atom is 0.191 e. The molecule has 92 valence electrons. The quantitative estimate of drug-likeness (QED) is 0.666. The van der Waals surface area contributed by atoms with Crippen molar-refractivity contribution in [3.8, 4) is 0 Å². The molecule has 2 N–H and O–H groups in total. The zero-order valence-corrected chi connectivity index (χ0v) is 11.2. The van der Waals surface area contributed by atoms with Gasteiger partial charge in [-0.25, -0.2) is 4.99 Å². The third kappa shape index (κ3) is 3.71. The van der Waals surface area contributed by atoms with E-state index >= 15 is 0 Å². The number of rotatable bonds is 2. The number of morpholine rings is 1. The Bertz CT molecular complexity index is 402. The van der Waals surface area contributed by atoms with Crippen molar-refractivity contribution in [2.45, 2.75) is 6.54 Å². The highest BCUT2D eigenvalue weighted by atomic mass is 79.9. The van der Waals surface area contributed by atoms with Gasteiger partial charge >= 0.3 is 0 Å². The molecule has 1 aliphatic heterocycles. The molecule has 4 nitrogen and oxygen atoms in total. The number of halogens is 1. The second-order valence-electron chi connectivity index (χ2n) is 3.90. The zero-order valence-electron chi connectivity index (χ0n) is 9.60. The van der Waals surface area contributed by atoms with E-state index in [4.69, 9.17) is 10.5 Å². The Labute approximate surface area is 110 Å². The maximum absolute atomic E-state index is 5.94. The zero-order chi connectivity index (χ0) is 12.1. The first-order valence-electron chi connectivity index (χ1n) is 5.63. The van der Waals surface area contributed by atoms with Crippen LogP contribution in [0.25, 0.3) is 0 Å². The lowest BCUT2D eigenvalue weighted by Crippen LogP contribution is -2.44. The first kappa shape index (κ1) is 12.4. The molecule has 0 aliphatic carbocycles. The van der Waals surface area contributed by atoms with Crippen molar-refractivity contribution in [2.24, 2.45) is 10.7 Å². The van der Waals surface area contributed by atoms with Crippen LogP contribution in [0.4, 0.5) is 0 Å². The summed E-state index contributed by atoms with van der Waals surface area (Å²) >= 11 is 3.44. The molecular formula is C12H16BrN3O. The summed E-state index contributed by atoms with van der Waals surface area (Å²) in [7, 11) is 0. The van der Waals surface area contributed by atoms with Crippen molar-refractivity contribution < 1.29 is 4.74 Å². The van der Waals surface area contributed by atoms with Crippen molar-refractivity contribution in [1.82, 2.24) is 4.90 Å². The Morgan fingerprint density at radius 3 is 2.88 bits per heavy atom. The molecule has 1 fully saturated rings. The third-order valence-electron chi connectivity index (χ3n) is 2.65. The fourth-order valence-corrected chi connectivity index (χ4v) is 2.15. The Hall–Kier alpha value is -1.07. The molecule has 0 amide bonds. The van der Waals surface area contributed by atoms with Crippen LogP contribution in [-0.2, 0) is 11.3 Å². The number of nitrogens with two attached hydrogens (primary N) is 1. The number of benzene rings is 1. The van der Waals surface area contributed by atoms with E-state index in [0.717, 1.165) is 36.3 Å². The monoisotopic (exact) mass is 297 g/mol. The molecule has 0 aromatic heterocycles. The second-order valence-corrected chi connectivity index (χ2v) is 4.82. The summed E-state index contributed by atoms with van der Waals surface area (Å²) in [5, 5.41) is 0. The first-order chi connectivity index (χ1) is 8.25. The van der Waals surface area contributed by atoms with Crippen molar-refractivity contribution in [3.05, 3.63) is 34.3 Å². The smallest absolute Gasteiger partial charge is 0.191 e. The van der Waals surface area contributed by atoms with Gasteiger partial charge in [-0.2, -0.15) is 0 Å². The normalized spacial score (nSPS) is 17.2. The van der Waals surface area contributed by atoms with Gasteiger partial charge in [0.25, 0.3) is 0 Å². The van der Waals surface area contributed by atoms with Crippen LogP contribution in [0.5, 0.6) is 0 Å². The fraction of sp³-hybridized carbons (Fsp3) is 0.417. The highest BCUT2D eigenvalue weighted by molar-refractivity contribution is 9.10. The standard InChI is InChI=1S/C12H16BrN3O/c13-11-3-1-2-10(8-11)9-15-12(14)16-4-6-17-7-5-16/h1-3,8H,4-7,9H2,(H2,14,15). The van der Waals surface area contributed by atoms with E-state index in [1.165, 1.54) is 0 Å². The molecule has 1 aliphatic rings. The summed E-state index contributed by atoms with van der Waals surface area (Å²) in [6.45, 7) is 3.73. The minimum atomic E-state index is 0.605. The van der Waals surface area contributed by atoms with Gasteiger partial charge in [0.05, 0.1) is 19.8 Å².